The van der Waals surface area contributed by atoms with Gasteiger partial charge in [0.1, 0.15) is 11.6 Å². The molecule has 0 aliphatic rings. The number of carbonyl (C=O) groups is 4. The molecule has 0 spiro atoms. The standard InChI is InChI=1S/2C10H10O2.C2H8N2/c2*1-8(11)7-10(12)9-5-3-2-4-6-9;3-1-2-4/h2*2-6H,7H2,1H3;1-4H2. The molecule has 0 saturated carbocycles. The first-order valence-corrected chi connectivity index (χ1v) is 8.87. The van der Waals surface area contributed by atoms with Crippen LogP contribution in [0, 0.1) is 0 Å². The minimum atomic E-state index is -0.108. The van der Waals surface area contributed by atoms with E-state index in [2.05, 4.69) is 0 Å². The predicted molar refractivity (Wildman–Crippen MR) is 110 cm³/mol. The van der Waals surface area contributed by atoms with E-state index >= 15 is 0 Å². The summed E-state index contributed by atoms with van der Waals surface area (Å²) >= 11 is 0. The van der Waals surface area contributed by atoms with Crippen LogP contribution in [0.2, 0.25) is 0 Å². The Morgan fingerprint density at radius 2 is 0.893 bits per heavy atom. The van der Waals surface area contributed by atoms with E-state index in [0.29, 0.717) is 24.2 Å². The lowest BCUT2D eigenvalue weighted by Gasteiger charge is -1.95. The molecule has 0 saturated heterocycles. The fourth-order valence-electron chi connectivity index (χ4n) is 1.90. The number of hydrogen-bond donors (Lipinski definition) is 2. The third kappa shape index (κ3) is 12.4. The van der Waals surface area contributed by atoms with Gasteiger partial charge in [-0.2, -0.15) is 0 Å². The Hall–Kier alpha value is -2.96. The van der Waals surface area contributed by atoms with Gasteiger partial charge in [-0.3, -0.25) is 19.2 Å². The number of rotatable bonds is 7. The first-order valence-electron chi connectivity index (χ1n) is 8.87. The number of carbonyl (C=O) groups excluding carboxylic acids is 4. The van der Waals surface area contributed by atoms with Gasteiger partial charge < -0.3 is 11.5 Å². The highest BCUT2D eigenvalue weighted by Gasteiger charge is 2.07. The van der Waals surface area contributed by atoms with E-state index in [0.717, 1.165) is 0 Å². The summed E-state index contributed by atoms with van der Waals surface area (Å²) in [4.78, 5) is 43.7. The highest BCUT2D eigenvalue weighted by molar-refractivity contribution is 6.07. The minimum Gasteiger partial charge on any atom is -0.329 e. The van der Waals surface area contributed by atoms with E-state index < -0.39 is 0 Å². The lowest BCUT2D eigenvalue weighted by Crippen LogP contribution is -2.11. The fourth-order valence-corrected chi connectivity index (χ4v) is 1.90. The van der Waals surface area contributed by atoms with Gasteiger partial charge >= 0.3 is 0 Å². The van der Waals surface area contributed by atoms with Crippen LogP contribution in [-0.4, -0.2) is 36.2 Å². The lowest BCUT2D eigenvalue weighted by molar-refractivity contribution is -0.117. The first-order chi connectivity index (χ1) is 13.3. The van der Waals surface area contributed by atoms with Gasteiger partial charge in [-0.25, -0.2) is 0 Å². The number of nitrogens with two attached hydrogens (primary N) is 2. The summed E-state index contributed by atoms with van der Waals surface area (Å²) in [6.07, 6.45) is 0.00796. The van der Waals surface area contributed by atoms with Gasteiger partial charge in [-0.05, 0) is 13.8 Å². The van der Waals surface area contributed by atoms with Crippen LogP contribution in [0.5, 0.6) is 0 Å². The van der Waals surface area contributed by atoms with Crippen LogP contribution >= 0.6 is 0 Å². The van der Waals surface area contributed by atoms with Crippen molar-refractivity contribution < 1.29 is 19.2 Å². The summed E-state index contributed by atoms with van der Waals surface area (Å²) in [5.41, 5.74) is 11.0. The molecule has 0 fully saturated rings. The second-order valence-electron chi connectivity index (χ2n) is 5.91. The van der Waals surface area contributed by atoms with Gasteiger partial charge in [0.15, 0.2) is 11.6 Å². The summed E-state index contributed by atoms with van der Waals surface area (Å²) in [6, 6.07) is 17.7. The number of hydrogen-bond acceptors (Lipinski definition) is 6. The molecule has 0 aromatic heterocycles. The van der Waals surface area contributed by atoms with Gasteiger partial charge in [-0.1, -0.05) is 60.7 Å². The van der Waals surface area contributed by atoms with Crippen molar-refractivity contribution in [1.29, 1.82) is 0 Å². The van der Waals surface area contributed by atoms with E-state index in [1.54, 1.807) is 48.5 Å². The molecule has 0 heterocycles. The molecule has 2 aromatic carbocycles. The molecule has 0 unspecified atom stereocenters. The quantitative estimate of drug-likeness (QED) is 0.559. The molecule has 0 aliphatic carbocycles. The third-order valence-corrected chi connectivity index (χ3v) is 3.18. The molecule has 4 N–H and O–H groups in total. The highest BCUT2D eigenvalue weighted by Crippen LogP contribution is 2.03. The van der Waals surface area contributed by atoms with Crippen molar-refractivity contribution in [2.24, 2.45) is 11.5 Å². The second-order valence-corrected chi connectivity index (χ2v) is 5.91. The van der Waals surface area contributed by atoms with Crippen LogP contribution < -0.4 is 11.5 Å². The van der Waals surface area contributed by atoms with Crippen molar-refractivity contribution in [3.05, 3.63) is 71.8 Å². The Labute approximate surface area is 165 Å². The zero-order valence-corrected chi connectivity index (χ0v) is 16.4. The molecule has 2 rings (SSSR count). The van der Waals surface area contributed by atoms with Crippen molar-refractivity contribution in [1.82, 2.24) is 0 Å². The van der Waals surface area contributed by atoms with Crippen molar-refractivity contribution >= 4 is 23.1 Å². The first kappa shape index (κ1) is 25.0. The molecular formula is C22H28N2O4. The Bertz CT molecular complexity index is 678. The van der Waals surface area contributed by atoms with Crippen molar-refractivity contribution in [2.75, 3.05) is 13.1 Å². The molecule has 0 aliphatic heterocycles. The fraction of sp³-hybridized carbons (Fsp3) is 0.273. The third-order valence-electron chi connectivity index (χ3n) is 3.18. The smallest absolute Gasteiger partial charge is 0.170 e. The minimum absolute atomic E-state index is 0.00398. The van der Waals surface area contributed by atoms with Gasteiger partial charge in [0, 0.05) is 24.2 Å². The van der Waals surface area contributed by atoms with Crippen LogP contribution in [0.25, 0.3) is 0 Å². The summed E-state index contributed by atoms with van der Waals surface area (Å²) in [5.74, 6) is -0.404. The summed E-state index contributed by atoms with van der Waals surface area (Å²) in [6.45, 7) is 4.03. The molecule has 6 nitrogen and oxygen atoms in total. The molecular weight excluding hydrogens is 356 g/mol. The molecule has 2 aromatic rings. The van der Waals surface area contributed by atoms with Gasteiger partial charge in [-0.15, -0.1) is 0 Å². The summed E-state index contributed by atoms with van der Waals surface area (Å²) in [5, 5.41) is 0. The Morgan fingerprint density at radius 1 is 0.607 bits per heavy atom. The van der Waals surface area contributed by atoms with E-state index in [1.807, 2.05) is 12.1 Å². The van der Waals surface area contributed by atoms with Crippen LogP contribution in [0.1, 0.15) is 47.4 Å². The zero-order valence-electron chi connectivity index (χ0n) is 16.4. The molecule has 6 heteroatoms. The SMILES string of the molecule is CC(=O)CC(=O)c1ccccc1.CC(=O)CC(=O)c1ccccc1.NCCN. The number of Topliss-reactive ketones (excluding diaryl/α,β-unsaturated/α-hetero) is 4. The zero-order chi connectivity index (χ0) is 21.4. The van der Waals surface area contributed by atoms with E-state index in [4.69, 9.17) is 11.5 Å². The summed E-state index contributed by atoms with van der Waals surface area (Å²) in [7, 11) is 0. The summed E-state index contributed by atoms with van der Waals surface area (Å²) < 4.78 is 0. The van der Waals surface area contributed by atoms with Crippen LogP contribution in [0.4, 0.5) is 0 Å². The van der Waals surface area contributed by atoms with Crippen molar-refractivity contribution in [2.45, 2.75) is 26.7 Å². The number of benzene rings is 2. The maximum Gasteiger partial charge on any atom is 0.170 e. The maximum absolute atomic E-state index is 11.2. The molecule has 0 atom stereocenters. The highest BCUT2D eigenvalue weighted by atomic mass is 16.2. The van der Waals surface area contributed by atoms with Crippen molar-refractivity contribution in [3.63, 3.8) is 0 Å². The molecule has 0 radical (unpaired) electrons. The van der Waals surface area contributed by atoms with E-state index in [9.17, 15) is 19.2 Å². The van der Waals surface area contributed by atoms with Gasteiger partial charge in [0.2, 0.25) is 0 Å². The van der Waals surface area contributed by atoms with Crippen molar-refractivity contribution in [3.8, 4) is 0 Å². The van der Waals surface area contributed by atoms with E-state index in [1.165, 1.54) is 13.8 Å². The second kappa shape index (κ2) is 15.1. The largest absolute Gasteiger partial charge is 0.329 e. The molecule has 150 valence electrons. The molecule has 0 bridgehead atoms. The number of ketones is 4. The Kier molecular flexibility index (Phi) is 13.5. The van der Waals surface area contributed by atoms with Crippen LogP contribution in [-0.2, 0) is 9.59 Å². The lowest BCUT2D eigenvalue weighted by atomic mass is 10.1. The molecule has 28 heavy (non-hydrogen) atoms. The monoisotopic (exact) mass is 384 g/mol. The van der Waals surface area contributed by atoms with Crippen LogP contribution in [0.3, 0.4) is 0 Å². The van der Waals surface area contributed by atoms with Crippen LogP contribution in [0.15, 0.2) is 60.7 Å². The Balaban J connectivity index is 0.000000439. The average molecular weight is 384 g/mol. The van der Waals surface area contributed by atoms with Gasteiger partial charge in [0.25, 0.3) is 0 Å². The van der Waals surface area contributed by atoms with Gasteiger partial charge in [0.05, 0.1) is 12.8 Å². The average Bonchev–Trinajstić information content (AvgIpc) is 2.69. The topological polar surface area (TPSA) is 120 Å². The maximum atomic E-state index is 11.2. The Morgan fingerprint density at radius 3 is 1.11 bits per heavy atom. The van der Waals surface area contributed by atoms with E-state index in [-0.39, 0.29) is 36.0 Å². The predicted octanol–water partition coefficient (Wildman–Crippen LogP) is 2.60. The molecule has 0 amide bonds. The normalized spacial score (nSPS) is 9.14.